The lowest BCUT2D eigenvalue weighted by Gasteiger charge is -2.26. The molecule has 1 rings (SSSR count). The van der Waals surface area contributed by atoms with E-state index in [1.54, 1.807) is 6.08 Å². The number of hydrogen-bond acceptors (Lipinski definition) is 1. The zero-order valence-corrected chi connectivity index (χ0v) is 12.3. The number of rotatable bonds is 9. The maximum absolute atomic E-state index is 4.61. The highest BCUT2D eigenvalue weighted by Gasteiger charge is 2.26. The molecule has 0 aliphatic heterocycles. The van der Waals surface area contributed by atoms with Crippen molar-refractivity contribution in [2.24, 2.45) is 0 Å². The van der Waals surface area contributed by atoms with Gasteiger partial charge in [0.05, 0.1) is 5.69 Å². The average molecular weight is 248 g/mol. The quantitative estimate of drug-likeness (QED) is 0.606. The second-order valence-corrected chi connectivity index (χ2v) is 5.45. The van der Waals surface area contributed by atoms with Gasteiger partial charge in [0, 0.05) is 11.6 Å². The minimum Gasteiger partial charge on any atom is -0.345 e. The van der Waals surface area contributed by atoms with E-state index in [9.17, 15) is 0 Å². The molecule has 1 unspecified atom stereocenters. The van der Waals surface area contributed by atoms with E-state index in [4.69, 9.17) is 0 Å². The van der Waals surface area contributed by atoms with E-state index >= 15 is 0 Å². The van der Waals surface area contributed by atoms with Crippen molar-refractivity contribution in [1.29, 1.82) is 0 Å². The van der Waals surface area contributed by atoms with Crippen molar-refractivity contribution in [3.63, 3.8) is 0 Å². The van der Waals surface area contributed by atoms with Crippen molar-refractivity contribution < 1.29 is 0 Å². The van der Waals surface area contributed by atoms with E-state index in [1.165, 1.54) is 44.2 Å². The van der Waals surface area contributed by atoms with E-state index < -0.39 is 0 Å². The predicted octanol–water partition coefficient (Wildman–Crippen LogP) is 5.08. The molecule has 1 heterocycles. The molecular formula is C16H28N2. The van der Waals surface area contributed by atoms with Crippen LogP contribution in [0.1, 0.15) is 77.2 Å². The van der Waals surface area contributed by atoms with Gasteiger partial charge in [-0.2, -0.15) is 0 Å². The van der Waals surface area contributed by atoms with Crippen LogP contribution >= 0.6 is 0 Å². The third-order valence-corrected chi connectivity index (χ3v) is 4.02. The van der Waals surface area contributed by atoms with Crippen molar-refractivity contribution in [1.82, 2.24) is 9.97 Å². The Morgan fingerprint density at radius 1 is 1.28 bits per heavy atom. The first-order chi connectivity index (χ1) is 8.66. The largest absolute Gasteiger partial charge is 0.345 e. The number of H-pyrrole nitrogens is 1. The van der Waals surface area contributed by atoms with Crippen molar-refractivity contribution in [3.8, 4) is 0 Å². The van der Waals surface area contributed by atoms with E-state index in [0.29, 0.717) is 0 Å². The number of aromatic amines is 1. The van der Waals surface area contributed by atoms with Crippen LogP contribution in [0, 0.1) is 0 Å². The van der Waals surface area contributed by atoms with Crippen LogP contribution in [0.3, 0.4) is 0 Å². The smallest absolute Gasteiger partial charge is 0.129 e. The van der Waals surface area contributed by atoms with Gasteiger partial charge >= 0.3 is 0 Å². The van der Waals surface area contributed by atoms with Crippen molar-refractivity contribution >= 4 is 6.08 Å². The average Bonchev–Trinajstić information content (AvgIpc) is 2.87. The fourth-order valence-corrected chi connectivity index (χ4v) is 2.36. The van der Waals surface area contributed by atoms with Gasteiger partial charge in [-0.05, 0) is 18.9 Å². The lowest BCUT2D eigenvalue weighted by atomic mass is 9.79. The van der Waals surface area contributed by atoms with Gasteiger partial charge in [-0.3, -0.25) is 0 Å². The fourth-order valence-electron chi connectivity index (χ4n) is 2.36. The molecule has 0 radical (unpaired) electrons. The molecule has 1 aromatic rings. The molecule has 1 aromatic heterocycles. The molecule has 2 heteroatoms. The Balaban J connectivity index is 2.53. The number of unbranched alkanes of at least 4 members (excludes halogenated alkanes) is 4. The van der Waals surface area contributed by atoms with Crippen LogP contribution in [-0.4, -0.2) is 9.97 Å². The molecule has 2 nitrogen and oxygen atoms in total. The van der Waals surface area contributed by atoms with E-state index in [1.807, 2.05) is 6.20 Å². The molecular weight excluding hydrogens is 220 g/mol. The normalized spacial score (nSPS) is 14.4. The molecule has 0 amide bonds. The lowest BCUT2D eigenvalue weighted by molar-refractivity contribution is 0.386. The van der Waals surface area contributed by atoms with Gasteiger partial charge in [-0.15, -0.1) is 0 Å². The summed E-state index contributed by atoms with van der Waals surface area (Å²) in [7, 11) is 0. The first-order valence-electron chi connectivity index (χ1n) is 7.34. The van der Waals surface area contributed by atoms with Crippen molar-refractivity contribution in [2.75, 3.05) is 0 Å². The maximum atomic E-state index is 4.61. The van der Waals surface area contributed by atoms with Crippen LogP contribution in [0.15, 0.2) is 12.8 Å². The minimum atomic E-state index is 0.212. The summed E-state index contributed by atoms with van der Waals surface area (Å²) in [5.74, 6) is 0.885. The van der Waals surface area contributed by atoms with Crippen molar-refractivity contribution in [2.45, 2.75) is 71.1 Å². The first-order valence-corrected chi connectivity index (χ1v) is 7.34. The monoisotopic (exact) mass is 248 g/mol. The molecule has 0 fully saturated rings. The highest BCUT2D eigenvalue weighted by atomic mass is 14.9. The van der Waals surface area contributed by atoms with Gasteiger partial charge < -0.3 is 4.98 Å². The van der Waals surface area contributed by atoms with Crippen LogP contribution in [-0.2, 0) is 5.41 Å². The summed E-state index contributed by atoms with van der Waals surface area (Å²) in [5.41, 5.74) is 1.40. The van der Waals surface area contributed by atoms with Crippen LogP contribution in [0.2, 0.25) is 0 Å². The van der Waals surface area contributed by atoms with E-state index in [2.05, 4.69) is 37.3 Å². The van der Waals surface area contributed by atoms with Gasteiger partial charge in [0.2, 0.25) is 0 Å². The molecule has 0 bridgehead atoms. The Kier molecular flexibility index (Phi) is 6.17. The summed E-state index contributed by atoms with van der Waals surface area (Å²) in [6, 6.07) is 0. The first kappa shape index (κ1) is 15.0. The molecule has 0 aliphatic rings. The van der Waals surface area contributed by atoms with Gasteiger partial charge in [0.15, 0.2) is 0 Å². The Hall–Kier alpha value is -1.05. The topological polar surface area (TPSA) is 28.7 Å². The third kappa shape index (κ3) is 4.01. The molecule has 0 aromatic carbocycles. The zero-order chi connectivity index (χ0) is 13.4. The Labute approximate surface area is 112 Å². The minimum absolute atomic E-state index is 0.212. The third-order valence-electron chi connectivity index (χ3n) is 4.02. The number of nitrogens with zero attached hydrogens (tertiary/aromatic N) is 1. The second-order valence-electron chi connectivity index (χ2n) is 5.45. The molecule has 0 spiro atoms. The number of imidazole rings is 1. The number of nitrogens with one attached hydrogen (secondary N) is 1. The second kappa shape index (κ2) is 7.40. The predicted molar refractivity (Wildman–Crippen MR) is 79.7 cm³/mol. The summed E-state index contributed by atoms with van der Waals surface area (Å²) in [4.78, 5) is 7.79. The fraction of sp³-hybridized carbons (Fsp3) is 0.688. The Morgan fingerprint density at radius 2 is 2.00 bits per heavy atom. The summed E-state index contributed by atoms with van der Waals surface area (Å²) < 4.78 is 0. The molecule has 0 aliphatic carbocycles. The molecule has 1 atom stereocenters. The van der Waals surface area contributed by atoms with Crippen LogP contribution in [0.25, 0.3) is 6.08 Å². The van der Waals surface area contributed by atoms with Gasteiger partial charge in [-0.1, -0.05) is 59.5 Å². The van der Waals surface area contributed by atoms with Crippen LogP contribution < -0.4 is 0 Å². The lowest BCUT2D eigenvalue weighted by Crippen LogP contribution is -2.21. The summed E-state index contributed by atoms with van der Waals surface area (Å²) in [5, 5.41) is 0. The van der Waals surface area contributed by atoms with Crippen LogP contribution in [0.4, 0.5) is 0 Å². The Bertz CT molecular complexity index is 354. The maximum Gasteiger partial charge on any atom is 0.129 e. The van der Waals surface area contributed by atoms with Crippen molar-refractivity contribution in [3.05, 3.63) is 24.3 Å². The number of hydrogen-bond donors (Lipinski definition) is 1. The summed E-state index contributed by atoms with van der Waals surface area (Å²) in [6.45, 7) is 10.6. The van der Waals surface area contributed by atoms with E-state index in [-0.39, 0.29) is 5.41 Å². The van der Waals surface area contributed by atoms with Gasteiger partial charge in [0.1, 0.15) is 5.82 Å². The molecule has 1 N–H and O–H groups in total. The van der Waals surface area contributed by atoms with Crippen LogP contribution in [0.5, 0.6) is 0 Å². The Morgan fingerprint density at radius 3 is 2.56 bits per heavy atom. The molecule has 0 saturated heterocycles. The zero-order valence-electron chi connectivity index (χ0n) is 12.3. The summed E-state index contributed by atoms with van der Waals surface area (Å²) in [6.07, 6.45) is 12.9. The molecule has 0 saturated carbocycles. The SMILES string of the molecule is C=Cc1nc(C(C)(CC)CCCCCCC)c[nH]1. The highest BCUT2D eigenvalue weighted by molar-refractivity contribution is 5.37. The highest BCUT2D eigenvalue weighted by Crippen LogP contribution is 2.32. The number of aromatic nitrogens is 2. The van der Waals surface area contributed by atoms with Gasteiger partial charge in [0.25, 0.3) is 0 Å². The standard InChI is InChI=1S/C16H28N2/c1-5-8-9-10-11-12-16(4,7-3)14-13-17-15(6-2)18-14/h6,13H,2,5,7-12H2,1,3-4H3,(H,17,18). The molecule has 102 valence electrons. The van der Waals surface area contributed by atoms with E-state index in [0.717, 1.165) is 12.2 Å². The molecule has 18 heavy (non-hydrogen) atoms. The van der Waals surface area contributed by atoms with Gasteiger partial charge in [-0.25, -0.2) is 4.98 Å². The summed E-state index contributed by atoms with van der Waals surface area (Å²) >= 11 is 0.